The van der Waals surface area contributed by atoms with Gasteiger partial charge in [0.25, 0.3) is 0 Å². The molecule has 2 aromatic rings. The number of hydrogen-bond donors (Lipinski definition) is 0. The third-order valence-electron chi connectivity index (χ3n) is 2.85. The lowest BCUT2D eigenvalue weighted by Crippen LogP contribution is -2.08. The molecule has 19 heavy (non-hydrogen) atoms. The summed E-state index contributed by atoms with van der Waals surface area (Å²) in [6.45, 7) is -0.255. The topological polar surface area (TPSA) is 9.23 Å². The van der Waals surface area contributed by atoms with E-state index in [9.17, 15) is 8.78 Å². The van der Waals surface area contributed by atoms with Crippen molar-refractivity contribution in [1.82, 2.24) is 0 Å². The van der Waals surface area contributed by atoms with Crippen molar-refractivity contribution in [3.63, 3.8) is 0 Å². The zero-order valence-electron chi connectivity index (χ0n) is 10.5. The molecule has 3 heteroatoms. The van der Waals surface area contributed by atoms with Crippen molar-refractivity contribution in [2.75, 3.05) is 13.2 Å². The van der Waals surface area contributed by atoms with E-state index >= 15 is 0 Å². The van der Waals surface area contributed by atoms with Gasteiger partial charge in [-0.3, -0.25) is 0 Å². The van der Waals surface area contributed by atoms with Crippen LogP contribution in [0.15, 0.2) is 60.7 Å². The number of rotatable bonds is 6. The number of halogens is 2. The number of ether oxygens (including phenoxy) is 1. The van der Waals surface area contributed by atoms with Crippen molar-refractivity contribution in [3.05, 3.63) is 71.8 Å². The van der Waals surface area contributed by atoms with Gasteiger partial charge in [0, 0.05) is 0 Å². The fraction of sp³-hybridized carbons (Fsp3) is 0.250. The van der Waals surface area contributed by atoms with Crippen LogP contribution in [0.2, 0.25) is 0 Å². The van der Waals surface area contributed by atoms with Gasteiger partial charge in [-0.2, -0.15) is 0 Å². The summed E-state index contributed by atoms with van der Waals surface area (Å²) < 4.78 is 32.6. The average Bonchev–Trinajstić information content (AvgIpc) is 2.49. The molecule has 0 aliphatic rings. The van der Waals surface area contributed by atoms with Crippen LogP contribution in [-0.2, 0) is 4.74 Å². The Kier molecular flexibility index (Phi) is 5.04. The monoisotopic (exact) mass is 262 g/mol. The molecule has 100 valence electrons. The van der Waals surface area contributed by atoms with Crippen molar-refractivity contribution < 1.29 is 13.5 Å². The van der Waals surface area contributed by atoms with Crippen LogP contribution in [0.4, 0.5) is 8.78 Å². The zero-order chi connectivity index (χ0) is 13.5. The summed E-state index contributed by atoms with van der Waals surface area (Å²) in [5, 5.41) is 0. The van der Waals surface area contributed by atoms with Gasteiger partial charge in [-0.1, -0.05) is 60.7 Å². The van der Waals surface area contributed by atoms with Crippen LogP contribution < -0.4 is 0 Å². The quantitative estimate of drug-likeness (QED) is 0.748. The van der Waals surface area contributed by atoms with Gasteiger partial charge in [-0.15, -0.1) is 0 Å². The molecule has 0 fully saturated rings. The minimum absolute atomic E-state index is 0.128. The van der Waals surface area contributed by atoms with E-state index in [4.69, 9.17) is 4.74 Å². The molecule has 2 rings (SSSR count). The van der Waals surface area contributed by atoms with Gasteiger partial charge in [0.1, 0.15) is 12.3 Å². The Morgan fingerprint density at radius 3 is 1.42 bits per heavy atom. The highest BCUT2D eigenvalue weighted by Crippen LogP contribution is 2.20. The Morgan fingerprint density at radius 2 is 1.05 bits per heavy atom. The molecule has 2 aromatic carbocycles. The Labute approximate surface area is 111 Å². The van der Waals surface area contributed by atoms with E-state index in [1.54, 1.807) is 48.5 Å². The summed E-state index contributed by atoms with van der Waals surface area (Å²) in [6, 6.07) is 17.5. The highest BCUT2D eigenvalue weighted by atomic mass is 19.1. The first kappa shape index (κ1) is 13.7. The summed E-state index contributed by atoms with van der Waals surface area (Å²) in [6.07, 6.45) is -2.44. The lowest BCUT2D eigenvalue weighted by molar-refractivity contribution is 0.0446. The summed E-state index contributed by atoms with van der Waals surface area (Å²) >= 11 is 0. The molecule has 0 bridgehead atoms. The standard InChI is InChI=1S/C16H16F2O/c17-15(13-7-3-1-4-8-13)11-19-12-16(18)14-9-5-2-6-10-14/h1-10,15-16H,11-12H2. The van der Waals surface area contributed by atoms with E-state index in [2.05, 4.69) is 0 Å². The third-order valence-corrected chi connectivity index (χ3v) is 2.85. The lowest BCUT2D eigenvalue weighted by atomic mass is 10.1. The molecule has 0 N–H and O–H groups in total. The van der Waals surface area contributed by atoms with E-state index in [0.717, 1.165) is 0 Å². The van der Waals surface area contributed by atoms with E-state index < -0.39 is 12.3 Å². The molecule has 2 atom stereocenters. The van der Waals surface area contributed by atoms with Crippen molar-refractivity contribution in [3.8, 4) is 0 Å². The molecule has 0 amide bonds. The third kappa shape index (κ3) is 4.14. The zero-order valence-corrected chi connectivity index (χ0v) is 10.5. The second-order valence-corrected chi connectivity index (χ2v) is 4.29. The van der Waals surface area contributed by atoms with E-state index in [1.807, 2.05) is 12.1 Å². The first-order chi connectivity index (χ1) is 9.27. The molecular weight excluding hydrogens is 246 g/mol. The minimum Gasteiger partial charge on any atom is -0.375 e. The highest BCUT2D eigenvalue weighted by Gasteiger charge is 2.13. The summed E-state index contributed by atoms with van der Waals surface area (Å²) in [5.41, 5.74) is 1.11. The number of alkyl halides is 2. The lowest BCUT2D eigenvalue weighted by Gasteiger charge is -2.12. The molecular formula is C16H16F2O. The van der Waals surface area contributed by atoms with Crippen molar-refractivity contribution in [2.24, 2.45) is 0 Å². The van der Waals surface area contributed by atoms with Crippen LogP contribution in [0.5, 0.6) is 0 Å². The van der Waals surface area contributed by atoms with Gasteiger partial charge in [0.15, 0.2) is 0 Å². The van der Waals surface area contributed by atoms with Crippen molar-refractivity contribution >= 4 is 0 Å². The molecule has 1 nitrogen and oxygen atoms in total. The summed E-state index contributed by atoms with van der Waals surface area (Å²) in [4.78, 5) is 0. The minimum atomic E-state index is -1.22. The number of benzene rings is 2. The van der Waals surface area contributed by atoms with Gasteiger partial charge < -0.3 is 4.74 Å². The number of hydrogen-bond acceptors (Lipinski definition) is 1. The smallest absolute Gasteiger partial charge is 0.148 e. The first-order valence-electron chi connectivity index (χ1n) is 6.23. The van der Waals surface area contributed by atoms with E-state index in [0.29, 0.717) is 11.1 Å². The van der Waals surface area contributed by atoms with Crippen LogP contribution in [-0.4, -0.2) is 13.2 Å². The van der Waals surface area contributed by atoms with Gasteiger partial charge >= 0.3 is 0 Å². The average molecular weight is 262 g/mol. The fourth-order valence-electron chi connectivity index (χ4n) is 1.79. The van der Waals surface area contributed by atoms with Crippen LogP contribution in [0, 0.1) is 0 Å². The maximum absolute atomic E-state index is 13.7. The SMILES string of the molecule is FC(COCC(F)c1ccccc1)c1ccccc1. The second-order valence-electron chi connectivity index (χ2n) is 4.29. The van der Waals surface area contributed by atoms with E-state index in [-0.39, 0.29) is 13.2 Å². The molecule has 0 aliphatic heterocycles. The normalized spacial score (nSPS) is 14.0. The molecule has 0 aromatic heterocycles. The van der Waals surface area contributed by atoms with Crippen molar-refractivity contribution in [2.45, 2.75) is 12.3 Å². The Balaban J connectivity index is 1.78. The largest absolute Gasteiger partial charge is 0.375 e. The molecule has 0 saturated carbocycles. The van der Waals surface area contributed by atoms with Gasteiger partial charge in [0.2, 0.25) is 0 Å². The maximum atomic E-state index is 13.7. The van der Waals surface area contributed by atoms with Gasteiger partial charge in [-0.25, -0.2) is 8.78 Å². The Bertz CT molecular complexity index is 427. The van der Waals surface area contributed by atoms with Gasteiger partial charge in [0.05, 0.1) is 13.2 Å². The molecule has 0 aliphatic carbocycles. The predicted octanol–water partition coefficient (Wildman–Crippen LogP) is 4.42. The summed E-state index contributed by atoms with van der Waals surface area (Å²) in [5.74, 6) is 0. The van der Waals surface area contributed by atoms with Crippen LogP contribution in [0.1, 0.15) is 23.5 Å². The van der Waals surface area contributed by atoms with Crippen molar-refractivity contribution in [1.29, 1.82) is 0 Å². The molecule has 0 saturated heterocycles. The fourth-order valence-corrected chi connectivity index (χ4v) is 1.79. The molecule has 2 unspecified atom stereocenters. The first-order valence-corrected chi connectivity index (χ1v) is 6.23. The van der Waals surface area contributed by atoms with Gasteiger partial charge in [-0.05, 0) is 11.1 Å². The molecule has 0 heterocycles. The second kappa shape index (κ2) is 7.00. The van der Waals surface area contributed by atoms with Crippen LogP contribution >= 0.6 is 0 Å². The Morgan fingerprint density at radius 1 is 0.684 bits per heavy atom. The van der Waals surface area contributed by atoms with E-state index in [1.165, 1.54) is 0 Å². The Hall–Kier alpha value is -1.74. The maximum Gasteiger partial charge on any atom is 0.148 e. The van der Waals surface area contributed by atoms with Crippen LogP contribution in [0.25, 0.3) is 0 Å². The predicted molar refractivity (Wildman–Crippen MR) is 71.4 cm³/mol. The highest BCUT2D eigenvalue weighted by molar-refractivity contribution is 5.18. The molecule has 0 radical (unpaired) electrons. The summed E-state index contributed by atoms with van der Waals surface area (Å²) in [7, 11) is 0. The van der Waals surface area contributed by atoms with Crippen LogP contribution in [0.3, 0.4) is 0 Å². The molecule has 0 spiro atoms.